The molecule has 6 heteroatoms. The molecule has 3 rings (SSSR count). The molecule has 0 bridgehead atoms. The van der Waals surface area contributed by atoms with Gasteiger partial charge in [0.2, 0.25) is 0 Å². The van der Waals surface area contributed by atoms with Crippen molar-refractivity contribution in [3.63, 3.8) is 0 Å². The van der Waals surface area contributed by atoms with Gasteiger partial charge in [-0.1, -0.05) is 30.3 Å². The van der Waals surface area contributed by atoms with Crippen LogP contribution in [-0.4, -0.2) is 22.6 Å². The highest BCUT2D eigenvalue weighted by Gasteiger charge is 2.06. The van der Waals surface area contributed by atoms with Crippen LogP contribution in [0.2, 0.25) is 0 Å². The van der Waals surface area contributed by atoms with Gasteiger partial charge in [-0.05, 0) is 17.7 Å². The molecule has 1 amide bonds. The lowest BCUT2D eigenvalue weighted by Crippen LogP contribution is -2.26. The van der Waals surface area contributed by atoms with Crippen molar-refractivity contribution in [2.75, 3.05) is 6.54 Å². The van der Waals surface area contributed by atoms with E-state index in [2.05, 4.69) is 15.3 Å². The van der Waals surface area contributed by atoms with Gasteiger partial charge in [-0.25, -0.2) is 9.78 Å². The average Bonchev–Trinajstić information content (AvgIpc) is 3.11. The summed E-state index contributed by atoms with van der Waals surface area (Å²) in [4.78, 5) is 20.3. The number of thiazole rings is 1. The largest absolute Gasteiger partial charge is 0.445 e. The van der Waals surface area contributed by atoms with Gasteiger partial charge in [0.05, 0.1) is 10.7 Å². The van der Waals surface area contributed by atoms with E-state index in [-0.39, 0.29) is 6.61 Å². The first-order valence-electron chi connectivity index (χ1n) is 7.60. The lowest BCUT2D eigenvalue weighted by atomic mass is 10.2. The summed E-state index contributed by atoms with van der Waals surface area (Å²) in [5, 5.41) is 5.71. The molecule has 0 aliphatic carbocycles. The van der Waals surface area contributed by atoms with Crippen molar-refractivity contribution in [1.29, 1.82) is 0 Å². The number of amides is 1. The highest BCUT2D eigenvalue weighted by molar-refractivity contribution is 7.09. The van der Waals surface area contributed by atoms with Gasteiger partial charge in [0.25, 0.3) is 0 Å². The van der Waals surface area contributed by atoms with Crippen molar-refractivity contribution >= 4 is 17.4 Å². The van der Waals surface area contributed by atoms with Crippen molar-refractivity contribution < 1.29 is 9.53 Å². The molecule has 0 aliphatic heterocycles. The molecule has 0 spiro atoms. The van der Waals surface area contributed by atoms with Crippen molar-refractivity contribution in [3.05, 3.63) is 70.8 Å². The van der Waals surface area contributed by atoms with Crippen molar-refractivity contribution in [3.8, 4) is 11.3 Å². The minimum Gasteiger partial charge on any atom is -0.445 e. The first-order valence-corrected chi connectivity index (χ1v) is 8.48. The first kappa shape index (κ1) is 16.1. The Balaban J connectivity index is 1.42. The third-order valence-electron chi connectivity index (χ3n) is 3.33. The van der Waals surface area contributed by atoms with Gasteiger partial charge in [-0.15, -0.1) is 11.3 Å². The predicted octanol–water partition coefficient (Wildman–Crippen LogP) is 3.67. The number of hydrogen-bond acceptors (Lipinski definition) is 5. The van der Waals surface area contributed by atoms with Crippen molar-refractivity contribution in [2.24, 2.45) is 0 Å². The quantitative estimate of drug-likeness (QED) is 0.744. The number of rotatable bonds is 6. The van der Waals surface area contributed by atoms with Crippen LogP contribution in [0.15, 0.2) is 60.2 Å². The van der Waals surface area contributed by atoms with Gasteiger partial charge in [0.1, 0.15) is 6.61 Å². The average molecular weight is 339 g/mol. The molecule has 0 aliphatic rings. The fourth-order valence-electron chi connectivity index (χ4n) is 2.12. The number of carbonyl (C=O) groups is 1. The predicted molar refractivity (Wildman–Crippen MR) is 93.7 cm³/mol. The SMILES string of the molecule is O=C(NCCc1nc(-c2cccnc2)cs1)OCc1ccccc1. The van der Waals surface area contributed by atoms with E-state index in [9.17, 15) is 4.79 Å². The molecule has 24 heavy (non-hydrogen) atoms. The minimum absolute atomic E-state index is 0.273. The summed E-state index contributed by atoms with van der Waals surface area (Å²) in [5.41, 5.74) is 2.87. The second kappa shape index (κ2) is 8.21. The van der Waals surface area contributed by atoms with Gasteiger partial charge in [-0.3, -0.25) is 4.98 Å². The number of alkyl carbamates (subject to hydrolysis) is 1. The van der Waals surface area contributed by atoms with Crippen LogP contribution in [0, 0.1) is 0 Å². The lowest BCUT2D eigenvalue weighted by Gasteiger charge is -2.06. The van der Waals surface area contributed by atoms with E-state index in [0.717, 1.165) is 21.8 Å². The summed E-state index contributed by atoms with van der Waals surface area (Å²) in [6.07, 6.45) is 3.79. The van der Waals surface area contributed by atoms with Crippen LogP contribution in [0.3, 0.4) is 0 Å². The number of pyridine rings is 1. The van der Waals surface area contributed by atoms with Gasteiger partial charge < -0.3 is 10.1 Å². The van der Waals surface area contributed by atoms with Crippen molar-refractivity contribution in [2.45, 2.75) is 13.0 Å². The fraction of sp³-hybridized carbons (Fsp3) is 0.167. The smallest absolute Gasteiger partial charge is 0.407 e. The third kappa shape index (κ3) is 4.63. The maximum atomic E-state index is 11.7. The van der Waals surface area contributed by atoms with Crippen LogP contribution in [0.1, 0.15) is 10.6 Å². The Bertz CT molecular complexity index is 775. The van der Waals surface area contributed by atoms with Gasteiger partial charge >= 0.3 is 6.09 Å². The zero-order chi connectivity index (χ0) is 16.6. The van der Waals surface area contributed by atoms with Crippen LogP contribution in [0.5, 0.6) is 0 Å². The van der Waals surface area contributed by atoms with Crippen LogP contribution < -0.4 is 5.32 Å². The van der Waals surface area contributed by atoms with E-state index < -0.39 is 6.09 Å². The molecule has 0 saturated heterocycles. The molecule has 122 valence electrons. The molecule has 0 radical (unpaired) electrons. The standard InChI is InChI=1S/C18H17N3O2S/c22-18(23-12-14-5-2-1-3-6-14)20-10-8-17-21-16(13-24-17)15-7-4-9-19-11-15/h1-7,9,11,13H,8,10,12H2,(H,20,22). The van der Waals surface area contributed by atoms with Crippen molar-refractivity contribution in [1.82, 2.24) is 15.3 Å². The molecule has 5 nitrogen and oxygen atoms in total. The van der Waals surface area contributed by atoms with E-state index in [0.29, 0.717) is 13.0 Å². The molecule has 0 fully saturated rings. The normalized spacial score (nSPS) is 10.3. The summed E-state index contributed by atoms with van der Waals surface area (Å²) < 4.78 is 5.17. The van der Waals surface area contributed by atoms with Gasteiger partial charge in [-0.2, -0.15) is 0 Å². The number of carbonyl (C=O) groups excluding carboxylic acids is 1. The van der Waals surface area contributed by atoms with E-state index in [1.807, 2.05) is 47.8 Å². The Morgan fingerprint density at radius 2 is 2.04 bits per heavy atom. The summed E-state index contributed by atoms with van der Waals surface area (Å²) in [7, 11) is 0. The Kier molecular flexibility index (Phi) is 5.52. The van der Waals surface area contributed by atoms with E-state index >= 15 is 0 Å². The maximum Gasteiger partial charge on any atom is 0.407 e. The summed E-state index contributed by atoms with van der Waals surface area (Å²) in [5.74, 6) is 0. The highest BCUT2D eigenvalue weighted by Crippen LogP contribution is 2.20. The van der Waals surface area contributed by atoms with Gasteiger partial charge in [0, 0.05) is 36.3 Å². The first-order chi connectivity index (χ1) is 11.8. The summed E-state index contributed by atoms with van der Waals surface area (Å²) in [6, 6.07) is 13.5. The Hall–Kier alpha value is -2.73. The van der Waals surface area contributed by atoms with E-state index in [4.69, 9.17) is 4.74 Å². The second-order valence-electron chi connectivity index (χ2n) is 5.11. The number of ether oxygens (including phenoxy) is 1. The fourth-order valence-corrected chi connectivity index (χ4v) is 2.93. The molecule has 1 aromatic carbocycles. The summed E-state index contributed by atoms with van der Waals surface area (Å²) in [6.45, 7) is 0.767. The third-order valence-corrected chi connectivity index (χ3v) is 4.24. The Labute approximate surface area is 144 Å². The topological polar surface area (TPSA) is 64.1 Å². The van der Waals surface area contributed by atoms with Crippen LogP contribution in [-0.2, 0) is 17.8 Å². The minimum atomic E-state index is -0.414. The number of benzene rings is 1. The van der Waals surface area contributed by atoms with Gasteiger partial charge in [0.15, 0.2) is 0 Å². The molecule has 2 heterocycles. The summed E-state index contributed by atoms with van der Waals surface area (Å²) >= 11 is 1.58. The number of aromatic nitrogens is 2. The molecule has 0 unspecified atom stereocenters. The molecule has 1 N–H and O–H groups in total. The van der Waals surface area contributed by atoms with E-state index in [1.165, 1.54) is 0 Å². The molecule has 0 saturated carbocycles. The van der Waals surface area contributed by atoms with E-state index in [1.54, 1.807) is 23.7 Å². The highest BCUT2D eigenvalue weighted by atomic mass is 32.1. The molecule has 0 atom stereocenters. The van der Waals surface area contributed by atoms with Crippen LogP contribution in [0.25, 0.3) is 11.3 Å². The molecule has 3 aromatic rings. The molecular weight excluding hydrogens is 322 g/mol. The Morgan fingerprint density at radius 1 is 1.17 bits per heavy atom. The zero-order valence-corrected chi connectivity index (χ0v) is 13.8. The van der Waals surface area contributed by atoms with Crippen LogP contribution >= 0.6 is 11.3 Å². The molecule has 2 aromatic heterocycles. The Morgan fingerprint density at radius 3 is 2.83 bits per heavy atom. The zero-order valence-electron chi connectivity index (χ0n) is 13.0. The number of nitrogens with zero attached hydrogens (tertiary/aromatic N) is 2. The second-order valence-corrected chi connectivity index (χ2v) is 6.05. The maximum absolute atomic E-state index is 11.7. The lowest BCUT2D eigenvalue weighted by molar-refractivity contribution is 0.140. The number of hydrogen-bond donors (Lipinski definition) is 1. The van der Waals surface area contributed by atoms with Crippen LogP contribution in [0.4, 0.5) is 4.79 Å². The molecular formula is C18H17N3O2S. The number of nitrogens with one attached hydrogen (secondary N) is 1. The monoisotopic (exact) mass is 339 g/mol.